The van der Waals surface area contributed by atoms with Crippen LogP contribution >= 0.6 is 11.8 Å². The van der Waals surface area contributed by atoms with Crippen molar-refractivity contribution in [3.63, 3.8) is 0 Å². The number of ether oxygens (including phenoxy) is 2. The Morgan fingerprint density at radius 1 is 1.17 bits per heavy atom. The molecule has 0 N–H and O–H groups in total. The fraction of sp³-hybridized carbons (Fsp3) is 0.944. The fourth-order valence-corrected chi connectivity index (χ4v) is 5.26. The Morgan fingerprint density at radius 3 is 2.61 bits per heavy atom. The molecule has 4 fully saturated rings. The molecular formula is C18H29NO3S. The van der Waals surface area contributed by atoms with Gasteiger partial charge in [0.25, 0.3) is 0 Å². The molecule has 4 rings (SSSR count). The van der Waals surface area contributed by atoms with Crippen molar-refractivity contribution in [3.05, 3.63) is 0 Å². The van der Waals surface area contributed by atoms with Gasteiger partial charge < -0.3 is 14.4 Å². The Morgan fingerprint density at radius 2 is 1.91 bits per heavy atom. The molecule has 3 heterocycles. The van der Waals surface area contributed by atoms with Gasteiger partial charge in [0.05, 0.1) is 18.3 Å². The van der Waals surface area contributed by atoms with Crippen LogP contribution in [0.25, 0.3) is 0 Å². The van der Waals surface area contributed by atoms with Crippen LogP contribution in [0.15, 0.2) is 0 Å². The molecule has 1 spiro atoms. The lowest BCUT2D eigenvalue weighted by Crippen LogP contribution is -2.48. The molecule has 5 heteroatoms. The molecule has 130 valence electrons. The van der Waals surface area contributed by atoms with Gasteiger partial charge in [0.1, 0.15) is 0 Å². The van der Waals surface area contributed by atoms with E-state index in [9.17, 15) is 4.79 Å². The van der Waals surface area contributed by atoms with Crippen LogP contribution in [0.1, 0.15) is 44.9 Å². The van der Waals surface area contributed by atoms with Gasteiger partial charge in [0, 0.05) is 32.0 Å². The molecular weight excluding hydrogens is 310 g/mol. The number of likely N-dealkylation sites (tertiary alicyclic amines) is 1. The maximum absolute atomic E-state index is 12.7. The summed E-state index contributed by atoms with van der Waals surface area (Å²) in [6.07, 6.45) is 8.12. The molecule has 1 unspecified atom stereocenters. The summed E-state index contributed by atoms with van der Waals surface area (Å²) >= 11 is 1.98. The van der Waals surface area contributed by atoms with E-state index in [2.05, 4.69) is 4.90 Å². The predicted octanol–water partition coefficient (Wildman–Crippen LogP) is 2.71. The van der Waals surface area contributed by atoms with Gasteiger partial charge in [0.2, 0.25) is 5.91 Å². The molecule has 4 nitrogen and oxygen atoms in total. The second kappa shape index (κ2) is 6.93. The Labute approximate surface area is 143 Å². The van der Waals surface area contributed by atoms with Crippen molar-refractivity contribution >= 4 is 17.7 Å². The van der Waals surface area contributed by atoms with Crippen LogP contribution in [0.2, 0.25) is 0 Å². The summed E-state index contributed by atoms with van der Waals surface area (Å²) < 4.78 is 12.2. The number of carbonyl (C=O) groups excluding carboxylic acids is 1. The van der Waals surface area contributed by atoms with Crippen molar-refractivity contribution in [1.29, 1.82) is 0 Å². The van der Waals surface area contributed by atoms with Crippen LogP contribution in [0.3, 0.4) is 0 Å². The van der Waals surface area contributed by atoms with Gasteiger partial charge in [-0.05, 0) is 55.9 Å². The van der Waals surface area contributed by atoms with Crippen molar-refractivity contribution in [3.8, 4) is 0 Å². The van der Waals surface area contributed by atoms with E-state index in [1.807, 2.05) is 11.8 Å². The molecule has 3 saturated heterocycles. The van der Waals surface area contributed by atoms with E-state index in [0.717, 1.165) is 75.8 Å². The van der Waals surface area contributed by atoms with Crippen molar-refractivity contribution in [2.24, 2.45) is 11.8 Å². The molecule has 4 aliphatic rings. The normalized spacial score (nSPS) is 31.7. The molecule has 0 bridgehead atoms. The van der Waals surface area contributed by atoms with E-state index in [0.29, 0.717) is 5.91 Å². The van der Waals surface area contributed by atoms with Gasteiger partial charge in [-0.3, -0.25) is 4.79 Å². The van der Waals surface area contributed by atoms with Crippen LogP contribution in [0.4, 0.5) is 0 Å². The van der Waals surface area contributed by atoms with Crippen LogP contribution in [0.5, 0.6) is 0 Å². The van der Waals surface area contributed by atoms with Crippen molar-refractivity contribution < 1.29 is 14.3 Å². The van der Waals surface area contributed by atoms with Gasteiger partial charge >= 0.3 is 0 Å². The smallest absolute Gasteiger partial charge is 0.225 e. The molecule has 0 aromatic rings. The van der Waals surface area contributed by atoms with Crippen LogP contribution in [-0.4, -0.2) is 60.3 Å². The van der Waals surface area contributed by atoms with E-state index in [4.69, 9.17) is 9.47 Å². The summed E-state index contributed by atoms with van der Waals surface area (Å²) in [5.41, 5.74) is -0.00653. The molecule has 1 atom stereocenters. The number of piperidine rings is 1. The van der Waals surface area contributed by atoms with Gasteiger partial charge in [-0.2, -0.15) is 11.8 Å². The van der Waals surface area contributed by atoms with Gasteiger partial charge in [-0.1, -0.05) is 0 Å². The Hall–Kier alpha value is -0.260. The summed E-state index contributed by atoms with van der Waals surface area (Å²) in [7, 11) is 0. The van der Waals surface area contributed by atoms with E-state index in [-0.39, 0.29) is 17.6 Å². The minimum Gasteiger partial charge on any atom is -0.375 e. The first-order chi connectivity index (χ1) is 11.2. The zero-order valence-corrected chi connectivity index (χ0v) is 14.8. The standard InChI is InChI=1S/C18H29NO3S/c20-17(15-3-9-23-10-4-15)19-7-5-18(6-8-19)11-16(13-22-18)21-12-14-1-2-14/h14-16H,1-13H2. The molecule has 3 aliphatic heterocycles. The highest BCUT2D eigenvalue weighted by molar-refractivity contribution is 7.99. The molecule has 1 amide bonds. The van der Waals surface area contributed by atoms with Crippen molar-refractivity contribution in [2.45, 2.75) is 56.7 Å². The zero-order chi connectivity index (χ0) is 15.7. The van der Waals surface area contributed by atoms with Crippen LogP contribution in [0, 0.1) is 11.8 Å². The lowest BCUT2D eigenvalue weighted by Gasteiger charge is -2.40. The minimum atomic E-state index is -0.00653. The predicted molar refractivity (Wildman–Crippen MR) is 91.6 cm³/mol. The number of hydrogen-bond donors (Lipinski definition) is 0. The summed E-state index contributed by atoms with van der Waals surface area (Å²) in [6, 6.07) is 0. The number of thioether (sulfide) groups is 1. The van der Waals surface area contributed by atoms with Crippen molar-refractivity contribution in [2.75, 3.05) is 37.8 Å². The first-order valence-electron chi connectivity index (χ1n) is 9.36. The Balaban J connectivity index is 1.24. The molecule has 0 aromatic carbocycles. The van der Waals surface area contributed by atoms with E-state index >= 15 is 0 Å². The van der Waals surface area contributed by atoms with Gasteiger partial charge in [-0.15, -0.1) is 0 Å². The topological polar surface area (TPSA) is 38.8 Å². The van der Waals surface area contributed by atoms with Gasteiger partial charge in [0.15, 0.2) is 0 Å². The SMILES string of the molecule is O=C(C1CCSCC1)N1CCC2(CC1)CC(OCC1CC1)CO2. The largest absolute Gasteiger partial charge is 0.375 e. The van der Waals surface area contributed by atoms with E-state index in [1.165, 1.54) is 12.8 Å². The summed E-state index contributed by atoms with van der Waals surface area (Å²) in [5.74, 6) is 3.80. The van der Waals surface area contributed by atoms with Crippen LogP contribution < -0.4 is 0 Å². The second-order valence-corrected chi connectivity index (χ2v) is 9.03. The molecule has 1 aliphatic carbocycles. The Kier molecular flexibility index (Phi) is 4.89. The molecule has 23 heavy (non-hydrogen) atoms. The van der Waals surface area contributed by atoms with Gasteiger partial charge in [-0.25, -0.2) is 0 Å². The summed E-state index contributed by atoms with van der Waals surface area (Å²) in [6.45, 7) is 3.42. The summed E-state index contributed by atoms with van der Waals surface area (Å²) in [4.78, 5) is 14.8. The quantitative estimate of drug-likeness (QED) is 0.789. The maximum atomic E-state index is 12.7. The third-order valence-corrected chi connectivity index (χ3v) is 7.05. The van der Waals surface area contributed by atoms with Crippen LogP contribution in [-0.2, 0) is 14.3 Å². The summed E-state index contributed by atoms with van der Waals surface area (Å²) in [5, 5.41) is 0. The molecule has 0 radical (unpaired) electrons. The monoisotopic (exact) mass is 339 g/mol. The third kappa shape index (κ3) is 3.88. The first-order valence-corrected chi connectivity index (χ1v) is 10.5. The number of nitrogens with zero attached hydrogens (tertiary/aromatic N) is 1. The molecule has 0 aromatic heterocycles. The lowest BCUT2D eigenvalue weighted by atomic mass is 9.87. The Bertz CT molecular complexity index is 426. The lowest BCUT2D eigenvalue weighted by molar-refractivity contribution is -0.140. The fourth-order valence-electron chi connectivity index (χ4n) is 4.15. The first kappa shape index (κ1) is 16.2. The maximum Gasteiger partial charge on any atom is 0.225 e. The number of rotatable bonds is 4. The highest BCUT2D eigenvalue weighted by Crippen LogP contribution is 2.39. The van der Waals surface area contributed by atoms with Crippen molar-refractivity contribution in [1.82, 2.24) is 4.90 Å². The minimum absolute atomic E-state index is 0.00653. The van der Waals surface area contributed by atoms with E-state index in [1.54, 1.807) is 0 Å². The average molecular weight is 340 g/mol. The highest BCUT2D eigenvalue weighted by atomic mass is 32.2. The number of hydrogen-bond acceptors (Lipinski definition) is 4. The number of carbonyl (C=O) groups is 1. The van der Waals surface area contributed by atoms with E-state index < -0.39 is 0 Å². The second-order valence-electron chi connectivity index (χ2n) is 7.81. The molecule has 1 saturated carbocycles. The number of amides is 1. The average Bonchev–Trinajstić information content (AvgIpc) is 3.36. The highest BCUT2D eigenvalue weighted by Gasteiger charge is 2.44. The third-order valence-electron chi connectivity index (χ3n) is 6.00. The zero-order valence-electron chi connectivity index (χ0n) is 14.0.